The van der Waals surface area contributed by atoms with Gasteiger partial charge < -0.3 is 9.64 Å². The number of amides is 1. The van der Waals surface area contributed by atoms with E-state index in [2.05, 4.69) is 6.92 Å². The Kier molecular flexibility index (Phi) is 6.40. The Morgan fingerprint density at radius 2 is 2.06 bits per heavy atom. The predicted molar refractivity (Wildman–Crippen MR) is 125 cm³/mol. The summed E-state index contributed by atoms with van der Waals surface area (Å²) in [6, 6.07) is 0. The van der Waals surface area contributed by atoms with Gasteiger partial charge in [-0.25, -0.2) is 4.98 Å². The fourth-order valence-corrected chi connectivity index (χ4v) is 7.36. The molecule has 0 saturated carbocycles. The first-order valence-corrected chi connectivity index (χ1v) is 13.5. The van der Waals surface area contributed by atoms with Gasteiger partial charge in [-0.15, -0.1) is 11.3 Å². The maximum Gasteiger partial charge on any atom is 0.263 e. The zero-order chi connectivity index (χ0) is 21.4. The second-order valence-electron chi connectivity index (χ2n) is 9.21. The summed E-state index contributed by atoms with van der Waals surface area (Å²) in [6.07, 6.45) is 8.58. The Balaban J connectivity index is 1.47. The van der Waals surface area contributed by atoms with Crippen LogP contribution in [0.5, 0.6) is 0 Å². The fourth-order valence-electron chi connectivity index (χ4n) is 5.03. The van der Waals surface area contributed by atoms with Gasteiger partial charge in [-0.05, 0) is 62.8 Å². The Hall–Kier alpha value is -1.38. The number of aromatic nitrogens is 2. The van der Waals surface area contributed by atoms with Gasteiger partial charge in [0.2, 0.25) is 5.91 Å². The number of likely N-dealkylation sites (tertiary alicyclic amines) is 1. The number of thiophene rings is 1. The minimum Gasteiger partial charge on any atom is -0.376 e. The molecule has 2 unspecified atom stereocenters. The molecule has 2 fully saturated rings. The summed E-state index contributed by atoms with van der Waals surface area (Å²) >= 11 is 3.10. The second-order valence-corrected chi connectivity index (χ2v) is 11.2. The molecular weight excluding hydrogens is 430 g/mol. The molecule has 0 aromatic carbocycles. The number of fused-ring (bicyclic) bond motifs is 3. The minimum atomic E-state index is 0.0560. The normalized spacial score (nSPS) is 24.0. The number of carbonyl (C=O) groups excluding carboxylic acids is 1. The highest BCUT2D eigenvalue weighted by Gasteiger charge is 2.27. The Morgan fingerprint density at radius 3 is 2.84 bits per heavy atom. The molecule has 4 heterocycles. The quantitative estimate of drug-likeness (QED) is 0.500. The van der Waals surface area contributed by atoms with Crippen molar-refractivity contribution in [1.82, 2.24) is 14.5 Å². The van der Waals surface area contributed by atoms with E-state index in [9.17, 15) is 9.59 Å². The van der Waals surface area contributed by atoms with Gasteiger partial charge in [0.1, 0.15) is 4.83 Å². The summed E-state index contributed by atoms with van der Waals surface area (Å²) in [7, 11) is 0. The van der Waals surface area contributed by atoms with Gasteiger partial charge in [-0.1, -0.05) is 18.7 Å². The van der Waals surface area contributed by atoms with E-state index in [0.717, 1.165) is 74.9 Å². The lowest BCUT2D eigenvalue weighted by Crippen LogP contribution is -2.37. The monoisotopic (exact) mass is 461 g/mol. The number of rotatable bonds is 5. The van der Waals surface area contributed by atoms with E-state index in [-0.39, 0.29) is 17.6 Å². The SMILES string of the molecule is CC1CCc2c(sc3nc(SCC(=O)N4CCCCC4)n(CC4CCCO4)c(=O)c23)C1. The van der Waals surface area contributed by atoms with Crippen molar-refractivity contribution in [1.29, 1.82) is 0 Å². The van der Waals surface area contributed by atoms with E-state index >= 15 is 0 Å². The van der Waals surface area contributed by atoms with Crippen LogP contribution in [0.3, 0.4) is 0 Å². The molecule has 31 heavy (non-hydrogen) atoms. The van der Waals surface area contributed by atoms with Gasteiger partial charge in [0.15, 0.2) is 5.16 Å². The first kappa shape index (κ1) is 21.5. The maximum atomic E-state index is 13.7. The number of piperidine rings is 1. The van der Waals surface area contributed by atoms with Crippen molar-refractivity contribution in [2.75, 3.05) is 25.4 Å². The van der Waals surface area contributed by atoms with Crippen LogP contribution in [0.25, 0.3) is 10.2 Å². The van der Waals surface area contributed by atoms with Crippen LogP contribution in [0.2, 0.25) is 0 Å². The topological polar surface area (TPSA) is 64.4 Å². The molecule has 2 atom stereocenters. The first-order chi connectivity index (χ1) is 15.1. The Labute approximate surface area is 191 Å². The fraction of sp³-hybridized carbons (Fsp3) is 0.696. The number of thioether (sulfide) groups is 1. The summed E-state index contributed by atoms with van der Waals surface area (Å²) < 4.78 is 7.64. The molecule has 0 bridgehead atoms. The van der Waals surface area contributed by atoms with Crippen LogP contribution in [0.4, 0.5) is 0 Å². The number of carbonyl (C=O) groups is 1. The minimum absolute atomic E-state index is 0.0560. The number of aryl methyl sites for hydroxylation is 1. The molecule has 168 valence electrons. The Morgan fingerprint density at radius 1 is 1.23 bits per heavy atom. The molecule has 1 amide bonds. The van der Waals surface area contributed by atoms with Gasteiger partial charge in [0.05, 0.1) is 23.8 Å². The number of ether oxygens (including phenoxy) is 1. The van der Waals surface area contributed by atoms with Crippen LogP contribution in [0.15, 0.2) is 9.95 Å². The number of hydrogen-bond acceptors (Lipinski definition) is 6. The molecule has 3 aliphatic rings. The predicted octanol–water partition coefficient (Wildman–Crippen LogP) is 3.87. The van der Waals surface area contributed by atoms with Crippen LogP contribution in [0.1, 0.15) is 55.9 Å². The summed E-state index contributed by atoms with van der Waals surface area (Å²) in [4.78, 5) is 35.5. The molecule has 2 aromatic rings. The van der Waals surface area contributed by atoms with E-state index in [1.807, 2.05) is 4.90 Å². The highest BCUT2D eigenvalue weighted by molar-refractivity contribution is 7.99. The van der Waals surface area contributed by atoms with Crippen molar-refractivity contribution in [2.45, 2.75) is 76.1 Å². The maximum absolute atomic E-state index is 13.7. The average molecular weight is 462 g/mol. The van der Waals surface area contributed by atoms with E-state index in [1.165, 1.54) is 28.6 Å². The molecule has 2 aliphatic heterocycles. The van der Waals surface area contributed by atoms with Crippen LogP contribution >= 0.6 is 23.1 Å². The van der Waals surface area contributed by atoms with E-state index in [4.69, 9.17) is 9.72 Å². The molecule has 0 spiro atoms. The number of hydrogen-bond donors (Lipinski definition) is 0. The standard InChI is InChI=1S/C23H31N3O3S2/c1-15-7-8-17-18(12-15)31-21-20(17)22(28)26(13-16-6-5-11-29-16)23(24-21)30-14-19(27)25-9-3-2-4-10-25/h15-16H,2-14H2,1H3. The van der Waals surface area contributed by atoms with Crippen LogP contribution in [-0.4, -0.2) is 51.9 Å². The number of nitrogens with zero attached hydrogens (tertiary/aromatic N) is 3. The molecule has 0 N–H and O–H groups in total. The summed E-state index contributed by atoms with van der Waals surface area (Å²) in [5.41, 5.74) is 1.28. The zero-order valence-electron chi connectivity index (χ0n) is 18.2. The third-order valence-corrected chi connectivity index (χ3v) is 8.93. The van der Waals surface area contributed by atoms with E-state index in [1.54, 1.807) is 15.9 Å². The third kappa shape index (κ3) is 4.44. The molecule has 0 radical (unpaired) electrons. The first-order valence-electron chi connectivity index (χ1n) is 11.7. The molecular formula is C23H31N3O3S2. The lowest BCUT2D eigenvalue weighted by atomic mass is 9.89. The molecule has 6 nitrogen and oxygen atoms in total. The van der Waals surface area contributed by atoms with Crippen molar-refractivity contribution >= 4 is 39.2 Å². The van der Waals surface area contributed by atoms with Crippen molar-refractivity contribution in [3.8, 4) is 0 Å². The smallest absolute Gasteiger partial charge is 0.263 e. The lowest BCUT2D eigenvalue weighted by molar-refractivity contribution is -0.129. The molecule has 8 heteroatoms. The third-order valence-electron chi connectivity index (χ3n) is 6.82. The highest BCUT2D eigenvalue weighted by atomic mass is 32.2. The molecule has 2 saturated heterocycles. The van der Waals surface area contributed by atoms with Crippen LogP contribution in [0, 0.1) is 5.92 Å². The van der Waals surface area contributed by atoms with E-state index < -0.39 is 0 Å². The summed E-state index contributed by atoms with van der Waals surface area (Å²) in [5.74, 6) is 1.15. The van der Waals surface area contributed by atoms with Crippen molar-refractivity contribution in [2.24, 2.45) is 5.92 Å². The van der Waals surface area contributed by atoms with Gasteiger partial charge in [-0.3, -0.25) is 14.2 Å². The summed E-state index contributed by atoms with van der Waals surface area (Å²) in [5, 5.41) is 1.49. The van der Waals surface area contributed by atoms with Gasteiger partial charge in [0, 0.05) is 24.6 Å². The van der Waals surface area contributed by atoms with Crippen molar-refractivity contribution < 1.29 is 9.53 Å². The molecule has 1 aliphatic carbocycles. The average Bonchev–Trinajstić information content (AvgIpc) is 3.42. The molecule has 5 rings (SSSR count). The van der Waals surface area contributed by atoms with Gasteiger partial charge in [-0.2, -0.15) is 0 Å². The van der Waals surface area contributed by atoms with Crippen LogP contribution in [-0.2, 0) is 28.9 Å². The largest absolute Gasteiger partial charge is 0.376 e. The van der Waals surface area contributed by atoms with E-state index in [0.29, 0.717) is 23.4 Å². The lowest BCUT2D eigenvalue weighted by Gasteiger charge is -2.26. The van der Waals surface area contributed by atoms with Crippen molar-refractivity contribution in [3.63, 3.8) is 0 Å². The van der Waals surface area contributed by atoms with Gasteiger partial charge >= 0.3 is 0 Å². The summed E-state index contributed by atoms with van der Waals surface area (Å²) in [6.45, 7) is 5.28. The second kappa shape index (κ2) is 9.24. The zero-order valence-corrected chi connectivity index (χ0v) is 19.9. The highest BCUT2D eigenvalue weighted by Crippen LogP contribution is 2.36. The molecule has 2 aromatic heterocycles. The Bertz CT molecular complexity index is 1020. The van der Waals surface area contributed by atoms with Gasteiger partial charge in [0.25, 0.3) is 5.56 Å². The van der Waals surface area contributed by atoms with Crippen LogP contribution < -0.4 is 5.56 Å². The van der Waals surface area contributed by atoms with Crippen molar-refractivity contribution in [3.05, 3.63) is 20.8 Å².